The van der Waals surface area contributed by atoms with Crippen molar-refractivity contribution in [1.29, 1.82) is 0 Å². The van der Waals surface area contributed by atoms with Crippen LogP contribution in [-0.2, 0) is 4.79 Å². The maximum atomic E-state index is 11.0. The van der Waals surface area contributed by atoms with Crippen LogP contribution in [0.5, 0.6) is 0 Å². The summed E-state index contributed by atoms with van der Waals surface area (Å²) in [6.45, 7) is 15.3. The van der Waals surface area contributed by atoms with E-state index in [1.807, 2.05) is 6.92 Å². The minimum Gasteiger partial charge on any atom is -0.478 e. The highest BCUT2D eigenvalue weighted by Gasteiger charge is 2.55. The van der Waals surface area contributed by atoms with Gasteiger partial charge < -0.3 is 10.2 Å². The number of hydrogen-bond acceptors (Lipinski definition) is 2. The Kier molecular flexibility index (Phi) is 7.36. The van der Waals surface area contributed by atoms with Gasteiger partial charge in [-0.3, -0.25) is 0 Å². The molecule has 2 aliphatic carbocycles. The maximum Gasteiger partial charge on any atom is 0.328 e. The molecule has 0 bridgehead atoms. The first-order valence-corrected chi connectivity index (χ1v) is 10.9. The zero-order valence-electron chi connectivity index (χ0n) is 18.6. The number of carboxylic acid groups (broad SMARTS) is 1. The monoisotopic (exact) mass is 388 g/mol. The molecule has 158 valence electrons. The Morgan fingerprint density at radius 1 is 1.25 bits per heavy atom. The van der Waals surface area contributed by atoms with E-state index in [0.29, 0.717) is 5.92 Å². The van der Waals surface area contributed by atoms with Crippen molar-refractivity contribution in [2.24, 2.45) is 22.7 Å². The standard InChI is InChI=1S/C25H40O3/c1-17(2)9-7-12-24(5)13-8-14-25(6)20(11-10-18(3)15-23(27)28)19(4)21(26)16-22(24)25/h9,15,20-22,26H,4,7-8,10-14,16H2,1-3,5-6H3,(H,27,28)/b18-15+/t20-,21+,22-,24-,25+/m0/s1. The van der Waals surface area contributed by atoms with Crippen LogP contribution in [0.25, 0.3) is 0 Å². The fraction of sp³-hybridized carbons (Fsp3) is 0.720. The van der Waals surface area contributed by atoms with E-state index in [-0.39, 0.29) is 16.7 Å². The molecule has 2 saturated carbocycles. The summed E-state index contributed by atoms with van der Waals surface area (Å²) in [5, 5.41) is 19.8. The first-order valence-electron chi connectivity index (χ1n) is 10.9. The zero-order chi connectivity index (χ0) is 21.1. The van der Waals surface area contributed by atoms with Crippen LogP contribution in [0.1, 0.15) is 86.0 Å². The van der Waals surface area contributed by atoms with Crippen LogP contribution in [0, 0.1) is 22.7 Å². The number of allylic oxidation sites excluding steroid dienone is 3. The number of fused-ring (bicyclic) bond motifs is 1. The smallest absolute Gasteiger partial charge is 0.328 e. The second-order valence-corrected chi connectivity index (χ2v) is 10.1. The van der Waals surface area contributed by atoms with Crippen LogP contribution in [0.2, 0.25) is 0 Å². The van der Waals surface area contributed by atoms with Crippen molar-refractivity contribution in [3.05, 3.63) is 35.5 Å². The SMILES string of the molecule is C=C1[C@H](O)C[C@H]2[C@@](C)(CCC=C(C)C)CCC[C@]2(C)[C@H]1CC/C(C)=C/C(=O)O. The Bertz CT molecular complexity index is 655. The highest BCUT2D eigenvalue weighted by molar-refractivity contribution is 5.80. The van der Waals surface area contributed by atoms with Crippen LogP contribution < -0.4 is 0 Å². The maximum absolute atomic E-state index is 11.0. The summed E-state index contributed by atoms with van der Waals surface area (Å²) in [4.78, 5) is 11.0. The Balaban J connectivity index is 2.26. The molecule has 0 aromatic carbocycles. The largest absolute Gasteiger partial charge is 0.478 e. The van der Waals surface area contributed by atoms with Gasteiger partial charge in [-0.25, -0.2) is 4.79 Å². The second-order valence-electron chi connectivity index (χ2n) is 10.1. The van der Waals surface area contributed by atoms with E-state index in [4.69, 9.17) is 5.11 Å². The molecule has 0 aromatic rings. The van der Waals surface area contributed by atoms with Gasteiger partial charge in [-0.2, -0.15) is 0 Å². The van der Waals surface area contributed by atoms with E-state index in [1.165, 1.54) is 37.3 Å². The molecule has 2 aliphatic rings. The minimum absolute atomic E-state index is 0.137. The molecule has 0 radical (unpaired) electrons. The van der Waals surface area contributed by atoms with Gasteiger partial charge in [-0.1, -0.05) is 44.1 Å². The quantitative estimate of drug-likeness (QED) is 0.398. The average Bonchev–Trinajstić information content (AvgIpc) is 2.56. The predicted molar refractivity (Wildman–Crippen MR) is 116 cm³/mol. The highest BCUT2D eigenvalue weighted by atomic mass is 16.4. The van der Waals surface area contributed by atoms with Crippen molar-refractivity contribution in [3.63, 3.8) is 0 Å². The molecule has 0 unspecified atom stereocenters. The molecule has 5 atom stereocenters. The van der Waals surface area contributed by atoms with Gasteiger partial charge in [0.05, 0.1) is 6.10 Å². The van der Waals surface area contributed by atoms with E-state index < -0.39 is 12.1 Å². The lowest BCUT2D eigenvalue weighted by Gasteiger charge is -2.60. The number of hydrogen-bond donors (Lipinski definition) is 2. The molecule has 0 aliphatic heterocycles. The molecule has 0 amide bonds. The van der Waals surface area contributed by atoms with Gasteiger partial charge in [0.2, 0.25) is 0 Å². The van der Waals surface area contributed by atoms with Crippen LogP contribution in [0.15, 0.2) is 35.5 Å². The molecule has 3 nitrogen and oxygen atoms in total. The summed E-state index contributed by atoms with van der Waals surface area (Å²) in [6, 6.07) is 0. The third-order valence-corrected chi connectivity index (χ3v) is 7.70. The summed E-state index contributed by atoms with van der Waals surface area (Å²) in [5.41, 5.74) is 3.61. The zero-order valence-corrected chi connectivity index (χ0v) is 18.6. The third-order valence-electron chi connectivity index (χ3n) is 7.70. The number of carboxylic acids is 1. The average molecular weight is 389 g/mol. The Labute approximate surface area is 171 Å². The third kappa shape index (κ3) is 4.97. The molecule has 0 saturated heterocycles. The second kappa shape index (κ2) is 8.98. The number of aliphatic hydroxyl groups is 1. The number of aliphatic hydroxyl groups excluding tert-OH is 1. The van der Waals surface area contributed by atoms with E-state index in [2.05, 4.69) is 40.3 Å². The van der Waals surface area contributed by atoms with Gasteiger partial charge in [-0.15, -0.1) is 0 Å². The molecule has 2 fully saturated rings. The lowest BCUT2D eigenvalue weighted by atomic mass is 9.45. The summed E-state index contributed by atoms with van der Waals surface area (Å²) in [7, 11) is 0. The van der Waals surface area contributed by atoms with Gasteiger partial charge in [-0.05, 0) is 94.0 Å². The van der Waals surface area contributed by atoms with Crippen molar-refractivity contribution < 1.29 is 15.0 Å². The molecule has 0 aromatic heterocycles. The molecule has 0 heterocycles. The van der Waals surface area contributed by atoms with Gasteiger partial charge in [0.15, 0.2) is 0 Å². The predicted octanol–water partition coefficient (Wildman–Crippen LogP) is 6.29. The van der Waals surface area contributed by atoms with Crippen LogP contribution in [0.4, 0.5) is 0 Å². The lowest BCUT2D eigenvalue weighted by Crippen LogP contribution is -2.53. The van der Waals surface area contributed by atoms with Crippen molar-refractivity contribution >= 4 is 5.97 Å². The van der Waals surface area contributed by atoms with Crippen molar-refractivity contribution in [2.45, 2.75) is 92.1 Å². The van der Waals surface area contributed by atoms with Gasteiger partial charge in [0.25, 0.3) is 0 Å². The molecular weight excluding hydrogens is 348 g/mol. The summed E-state index contributed by atoms with van der Waals surface area (Å²) < 4.78 is 0. The molecule has 2 rings (SSSR count). The van der Waals surface area contributed by atoms with E-state index in [1.54, 1.807) is 0 Å². The Morgan fingerprint density at radius 3 is 2.54 bits per heavy atom. The fourth-order valence-corrected chi connectivity index (χ4v) is 6.18. The van der Waals surface area contributed by atoms with Gasteiger partial charge in [0, 0.05) is 6.08 Å². The summed E-state index contributed by atoms with van der Waals surface area (Å²) >= 11 is 0. The topological polar surface area (TPSA) is 57.5 Å². The van der Waals surface area contributed by atoms with Crippen molar-refractivity contribution in [3.8, 4) is 0 Å². The summed E-state index contributed by atoms with van der Waals surface area (Å²) in [5.74, 6) is -0.149. The van der Waals surface area contributed by atoms with Crippen LogP contribution in [-0.4, -0.2) is 22.3 Å². The summed E-state index contributed by atoms with van der Waals surface area (Å²) in [6.07, 6.45) is 11.6. The van der Waals surface area contributed by atoms with Crippen molar-refractivity contribution in [1.82, 2.24) is 0 Å². The Hall–Kier alpha value is -1.35. The molecule has 3 heteroatoms. The minimum atomic E-state index is -0.881. The number of rotatable bonds is 7. The van der Waals surface area contributed by atoms with Gasteiger partial charge >= 0.3 is 5.97 Å². The van der Waals surface area contributed by atoms with E-state index >= 15 is 0 Å². The first kappa shape index (κ1) is 22.9. The van der Waals surface area contributed by atoms with Gasteiger partial charge in [0.1, 0.15) is 0 Å². The van der Waals surface area contributed by atoms with Crippen LogP contribution in [0.3, 0.4) is 0 Å². The van der Waals surface area contributed by atoms with Crippen molar-refractivity contribution in [2.75, 3.05) is 0 Å². The number of carbonyl (C=O) groups is 1. The Morgan fingerprint density at radius 2 is 1.93 bits per heavy atom. The normalized spacial score (nSPS) is 36.0. The van der Waals surface area contributed by atoms with E-state index in [0.717, 1.165) is 36.8 Å². The van der Waals surface area contributed by atoms with E-state index in [9.17, 15) is 9.90 Å². The molecule has 2 N–H and O–H groups in total. The molecular formula is C25H40O3. The fourth-order valence-electron chi connectivity index (χ4n) is 6.18. The number of aliphatic carboxylic acids is 1. The van der Waals surface area contributed by atoms with Crippen LogP contribution >= 0.6 is 0 Å². The molecule has 28 heavy (non-hydrogen) atoms. The first-order chi connectivity index (χ1) is 13.0. The molecule has 0 spiro atoms. The highest BCUT2D eigenvalue weighted by Crippen LogP contribution is 2.63. The lowest BCUT2D eigenvalue weighted by molar-refractivity contribution is -0.131.